The molecule has 1 aliphatic heterocycles. The van der Waals surface area contributed by atoms with Crippen LogP contribution in [0.25, 0.3) is 0 Å². The summed E-state index contributed by atoms with van der Waals surface area (Å²) in [6, 6.07) is 5.05. The number of benzene rings is 1. The number of sulfonamides is 1. The second-order valence-corrected chi connectivity index (χ2v) is 7.84. The van der Waals surface area contributed by atoms with Gasteiger partial charge in [-0.25, -0.2) is 8.42 Å². The molecule has 4 nitrogen and oxygen atoms in total. The van der Waals surface area contributed by atoms with Gasteiger partial charge in [0, 0.05) is 18.1 Å². The van der Waals surface area contributed by atoms with Crippen LogP contribution < -0.4 is 5.32 Å². The molecule has 1 N–H and O–H groups in total. The number of rotatable bonds is 5. The molecular formula is C15H23ClN2O2S. The molecule has 1 aromatic rings. The van der Waals surface area contributed by atoms with Gasteiger partial charge in [-0.05, 0) is 56.5 Å². The summed E-state index contributed by atoms with van der Waals surface area (Å²) in [7, 11) is -3.48. The monoisotopic (exact) mass is 330 g/mol. The lowest BCUT2D eigenvalue weighted by Crippen LogP contribution is -2.41. The van der Waals surface area contributed by atoms with Crippen molar-refractivity contribution in [2.24, 2.45) is 5.92 Å². The van der Waals surface area contributed by atoms with Crippen molar-refractivity contribution in [3.63, 3.8) is 0 Å². The largest absolute Gasteiger partial charge is 0.316 e. The van der Waals surface area contributed by atoms with Gasteiger partial charge in [0.25, 0.3) is 0 Å². The molecule has 1 unspecified atom stereocenters. The van der Waals surface area contributed by atoms with Gasteiger partial charge in [0.15, 0.2) is 0 Å². The van der Waals surface area contributed by atoms with Gasteiger partial charge in [-0.2, -0.15) is 4.31 Å². The van der Waals surface area contributed by atoms with Crippen molar-refractivity contribution in [2.45, 2.75) is 31.6 Å². The lowest BCUT2D eigenvalue weighted by Gasteiger charge is -2.29. The molecule has 0 spiro atoms. The van der Waals surface area contributed by atoms with E-state index in [1.165, 1.54) is 0 Å². The Hall–Kier alpha value is -0.620. The average Bonchev–Trinajstić information content (AvgIpc) is 2.48. The summed E-state index contributed by atoms with van der Waals surface area (Å²) in [6.45, 7) is 6.60. The third-order valence-electron chi connectivity index (χ3n) is 4.05. The molecule has 1 atom stereocenters. The highest BCUT2D eigenvalue weighted by molar-refractivity contribution is 7.89. The molecule has 0 amide bonds. The fourth-order valence-corrected chi connectivity index (χ4v) is 4.77. The quantitative estimate of drug-likeness (QED) is 0.903. The maximum Gasteiger partial charge on any atom is 0.243 e. The highest BCUT2D eigenvalue weighted by Crippen LogP contribution is 2.26. The van der Waals surface area contributed by atoms with Gasteiger partial charge in [0.05, 0.1) is 4.90 Å². The summed E-state index contributed by atoms with van der Waals surface area (Å²) in [5.74, 6) is 0.382. The zero-order valence-electron chi connectivity index (χ0n) is 12.6. The van der Waals surface area contributed by atoms with Crippen molar-refractivity contribution < 1.29 is 8.42 Å². The molecule has 0 radical (unpaired) electrons. The normalized spacial score (nSPS) is 19.9. The zero-order valence-corrected chi connectivity index (χ0v) is 14.2. The minimum Gasteiger partial charge on any atom is -0.316 e. The molecule has 6 heteroatoms. The fourth-order valence-electron chi connectivity index (χ4n) is 2.77. The highest BCUT2D eigenvalue weighted by Gasteiger charge is 2.28. The minimum atomic E-state index is -3.48. The Kier molecular flexibility index (Phi) is 5.66. The van der Waals surface area contributed by atoms with E-state index in [4.69, 9.17) is 11.6 Å². The summed E-state index contributed by atoms with van der Waals surface area (Å²) in [4.78, 5) is 0.320. The number of nitrogens with zero attached hydrogens (tertiary/aromatic N) is 1. The van der Waals surface area contributed by atoms with Gasteiger partial charge in [0.1, 0.15) is 0 Å². The Morgan fingerprint density at radius 3 is 2.81 bits per heavy atom. The topological polar surface area (TPSA) is 49.4 Å². The Labute approximate surface area is 132 Å². The molecule has 0 saturated carbocycles. The first-order chi connectivity index (χ1) is 9.96. The van der Waals surface area contributed by atoms with Gasteiger partial charge in [-0.1, -0.05) is 24.6 Å². The highest BCUT2D eigenvalue weighted by atomic mass is 35.5. The second kappa shape index (κ2) is 7.09. The van der Waals surface area contributed by atoms with Crippen molar-refractivity contribution >= 4 is 21.6 Å². The van der Waals surface area contributed by atoms with Crippen molar-refractivity contribution in [3.8, 4) is 0 Å². The smallest absolute Gasteiger partial charge is 0.243 e. The Bertz CT molecular complexity index is 583. The Morgan fingerprint density at radius 2 is 2.19 bits per heavy atom. The summed E-state index contributed by atoms with van der Waals surface area (Å²) < 4.78 is 27.3. The molecule has 0 aromatic heterocycles. The van der Waals surface area contributed by atoms with Crippen molar-refractivity contribution in [2.75, 3.05) is 26.2 Å². The maximum atomic E-state index is 12.9. The van der Waals surface area contributed by atoms with E-state index in [2.05, 4.69) is 5.32 Å². The van der Waals surface area contributed by atoms with Crippen LogP contribution in [0.3, 0.4) is 0 Å². The van der Waals surface area contributed by atoms with Gasteiger partial charge < -0.3 is 5.32 Å². The molecule has 118 valence electrons. The number of hydrogen-bond acceptors (Lipinski definition) is 3. The molecule has 0 bridgehead atoms. The van der Waals surface area contributed by atoms with E-state index in [0.717, 1.165) is 25.9 Å². The third kappa shape index (κ3) is 3.77. The predicted octanol–water partition coefficient (Wildman–Crippen LogP) is 2.66. The van der Waals surface area contributed by atoms with Crippen LogP contribution in [0.4, 0.5) is 0 Å². The number of hydrogen-bond donors (Lipinski definition) is 1. The van der Waals surface area contributed by atoms with E-state index in [0.29, 0.717) is 34.5 Å². The van der Waals surface area contributed by atoms with Gasteiger partial charge in [0.2, 0.25) is 10.0 Å². The number of nitrogens with one attached hydrogen (secondary N) is 1. The lowest BCUT2D eigenvalue weighted by atomic mass is 10.00. The van der Waals surface area contributed by atoms with Crippen molar-refractivity contribution in [1.82, 2.24) is 9.62 Å². The summed E-state index contributed by atoms with van der Waals surface area (Å²) in [5.41, 5.74) is 0.624. The Balaban J connectivity index is 2.24. The van der Waals surface area contributed by atoms with E-state index < -0.39 is 10.0 Å². The zero-order chi connectivity index (χ0) is 15.5. The molecule has 1 aromatic carbocycles. The molecule has 0 aliphatic carbocycles. The second-order valence-electron chi connectivity index (χ2n) is 5.53. The third-order valence-corrected chi connectivity index (χ3v) is 6.54. The van der Waals surface area contributed by atoms with Crippen LogP contribution >= 0.6 is 11.6 Å². The van der Waals surface area contributed by atoms with Crippen molar-refractivity contribution in [1.29, 1.82) is 0 Å². The van der Waals surface area contributed by atoms with E-state index in [1.54, 1.807) is 29.4 Å². The number of piperidine rings is 1. The van der Waals surface area contributed by atoms with E-state index in [-0.39, 0.29) is 0 Å². The van der Waals surface area contributed by atoms with Crippen LogP contribution in [0.5, 0.6) is 0 Å². The molecule has 1 saturated heterocycles. The predicted molar refractivity (Wildman–Crippen MR) is 86.2 cm³/mol. The van der Waals surface area contributed by atoms with Gasteiger partial charge >= 0.3 is 0 Å². The summed E-state index contributed by atoms with van der Waals surface area (Å²) >= 11 is 6.07. The molecular weight excluding hydrogens is 308 g/mol. The maximum absolute atomic E-state index is 12.9. The first-order valence-corrected chi connectivity index (χ1v) is 9.24. The van der Waals surface area contributed by atoms with Crippen LogP contribution in [0.2, 0.25) is 5.02 Å². The van der Waals surface area contributed by atoms with Crippen LogP contribution in [-0.2, 0) is 10.0 Å². The van der Waals surface area contributed by atoms with E-state index in [1.807, 2.05) is 6.92 Å². The van der Waals surface area contributed by atoms with Crippen LogP contribution in [0, 0.1) is 12.8 Å². The van der Waals surface area contributed by atoms with E-state index >= 15 is 0 Å². The molecule has 2 rings (SSSR count). The molecule has 1 heterocycles. The Morgan fingerprint density at radius 1 is 1.43 bits per heavy atom. The molecule has 1 aliphatic rings. The summed E-state index contributed by atoms with van der Waals surface area (Å²) in [5, 5.41) is 3.83. The lowest BCUT2D eigenvalue weighted by molar-refractivity contribution is 0.297. The van der Waals surface area contributed by atoms with Crippen molar-refractivity contribution in [3.05, 3.63) is 28.8 Å². The summed E-state index contributed by atoms with van der Waals surface area (Å²) in [6.07, 6.45) is 2.19. The van der Waals surface area contributed by atoms with Crippen LogP contribution in [-0.4, -0.2) is 38.9 Å². The molecule has 21 heavy (non-hydrogen) atoms. The standard InChI is InChI=1S/C15H23ClN2O2S/c1-3-18(11-13-6-5-9-17-10-13)21(19,20)15-8-4-7-14(16)12(15)2/h4,7-8,13,17H,3,5-6,9-11H2,1-2H3. The SMILES string of the molecule is CCN(CC1CCCNC1)S(=O)(=O)c1cccc(Cl)c1C. The van der Waals surface area contributed by atoms with Gasteiger partial charge in [-0.3, -0.25) is 0 Å². The van der Waals surface area contributed by atoms with Crippen LogP contribution in [0.15, 0.2) is 23.1 Å². The first-order valence-electron chi connectivity index (χ1n) is 7.42. The fraction of sp³-hybridized carbons (Fsp3) is 0.600. The van der Waals surface area contributed by atoms with Gasteiger partial charge in [-0.15, -0.1) is 0 Å². The first kappa shape index (κ1) is 16.7. The minimum absolute atomic E-state index is 0.320. The average molecular weight is 331 g/mol. The number of halogens is 1. The molecule has 1 fully saturated rings. The van der Waals surface area contributed by atoms with E-state index in [9.17, 15) is 8.42 Å². The van der Waals surface area contributed by atoms with Crippen LogP contribution in [0.1, 0.15) is 25.3 Å².